The Bertz CT molecular complexity index is 1020. The number of hydrogen-bond donors (Lipinski definition) is 0. The molecular formula is C18H14BrClN2O4. The molecule has 6 nitrogen and oxygen atoms in total. The molecule has 0 atom stereocenters. The minimum Gasteiger partial charge on any atom is -0.461 e. The van der Waals surface area contributed by atoms with E-state index in [4.69, 9.17) is 16.3 Å². The van der Waals surface area contributed by atoms with Gasteiger partial charge in [0.1, 0.15) is 5.69 Å². The maximum Gasteiger partial charge on any atom is 0.354 e. The van der Waals surface area contributed by atoms with Crippen molar-refractivity contribution in [3.8, 4) is 0 Å². The number of non-ortho nitro benzene ring substituents is 1. The number of halogens is 2. The highest BCUT2D eigenvalue weighted by Gasteiger charge is 2.24. The highest BCUT2D eigenvalue weighted by molar-refractivity contribution is 9.10. The largest absolute Gasteiger partial charge is 0.461 e. The van der Waals surface area contributed by atoms with E-state index in [1.807, 2.05) is 12.1 Å². The Morgan fingerprint density at radius 1 is 1.31 bits per heavy atom. The molecule has 0 radical (unpaired) electrons. The SMILES string of the molecule is CCOC(=O)c1cc2c([N+](=O)[O-])ccc(Br)c2n1Cc1cccc(Cl)c1. The number of rotatable bonds is 5. The van der Waals surface area contributed by atoms with Gasteiger partial charge in [-0.05, 0) is 52.7 Å². The average molecular weight is 438 g/mol. The molecule has 0 aliphatic heterocycles. The fraction of sp³-hybridized carbons (Fsp3) is 0.167. The van der Waals surface area contributed by atoms with Crippen LogP contribution >= 0.6 is 27.5 Å². The summed E-state index contributed by atoms with van der Waals surface area (Å²) in [5, 5.41) is 12.3. The Hall–Kier alpha value is -2.38. The lowest BCUT2D eigenvalue weighted by Crippen LogP contribution is -2.13. The average Bonchev–Trinajstić information content (AvgIpc) is 2.95. The molecule has 0 N–H and O–H groups in total. The van der Waals surface area contributed by atoms with Crippen LogP contribution in [-0.4, -0.2) is 22.1 Å². The third-order valence-electron chi connectivity index (χ3n) is 3.90. The predicted molar refractivity (Wildman–Crippen MR) is 103 cm³/mol. The summed E-state index contributed by atoms with van der Waals surface area (Å²) in [6.07, 6.45) is 0. The lowest BCUT2D eigenvalue weighted by molar-refractivity contribution is -0.383. The topological polar surface area (TPSA) is 74.4 Å². The monoisotopic (exact) mass is 436 g/mol. The van der Waals surface area contributed by atoms with Crippen molar-refractivity contribution >= 4 is 50.1 Å². The summed E-state index contributed by atoms with van der Waals surface area (Å²) >= 11 is 9.49. The molecule has 3 aromatic rings. The van der Waals surface area contributed by atoms with E-state index in [-0.39, 0.29) is 18.0 Å². The van der Waals surface area contributed by atoms with Gasteiger partial charge >= 0.3 is 5.97 Å². The summed E-state index contributed by atoms with van der Waals surface area (Å²) in [6, 6.07) is 11.7. The van der Waals surface area contributed by atoms with Crippen LogP contribution in [0.2, 0.25) is 5.02 Å². The number of nitro groups is 1. The van der Waals surface area contributed by atoms with E-state index in [0.29, 0.717) is 26.9 Å². The minimum atomic E-state index is -0.535. The molecular weight excluding hydrogens is 424 g/mol. The van der Waals surface area contributed by atoms with Gasteiger partial charge in [-0.3, -0.25) is 10.1 Å². The van der Waals surface area contributed by atoms with Crippen molar-refractivity contribution < 1.29 is 14.5 Å². The summed E-state index contributed by atoms with van der Waals surface area (Å²) in [4.78, 5) is 23.4. The van der Waals surface area contributed by atoms with Crippen LogP contribution in [0, 0.1) is 10.1 Å². The highest BCUT2D eigenvalue weighted by Crippen LogP contribution is 2.35. The normalized spacial score (nSPS) is 10.9. The van der Waals surface area contributed by atoms with Gasteiger partial charge in [0.25, 0.3) is 5.69 Å². The Balaban J connectivity index is 2.26. The van der Waals surface area contributed by atoms with E-state index in [2.05, 4.69) is 15.9 Å². The third kappa shape index (κ3) is 3.45. The van der Waals surface area contributed by atoms with Crippen LogP contribution in [0.3, 0.4) is 0 Å². The van der Waals surface area contributed by atoms with E-state index >= 15 is 0 Å². The van der Waals surface area contributed by atoms with Gasteiger partial charge in [-0.1, -0.05) is 23.7 Å². The zero-order chi connectivity index (χ0) is 18.8. The quantitative estimate of drug-likeness (QED) is 0.313. The first kappa shape index (κ1) is 18.4. The van der Waals surface area contributed by atoms with Gasteiger partial charge < -0.3 is 9.30 Å². The number of ether oxygens (including phenoxy) is 1. The van der Waals surface area contributed by atoms with E-state index in [1.165, 1.54) is 12.1 Å². The van der Waals surface area contributed by atoms with E-state index in [9.17, 15) is 14.9 Å². The molecule has 26 heavy (non-hydrogen) atoms. The maximum atomic E-state index is 12.4. The molecule has 0 fully saturated rings. The molecule has 0 saturated heterocycles. The van der Waals surface area contributed by atoms with Crippen LogP contribution < -0.4 is 0 Å². The molecule has 1 aromatic heterocycles. The summed E-state index contributed by atoms with van der Waals surface area (Å²) < 4.78 is 7.48. The van der Waals surface area contributed by atoms with Gasteiger partial charge in [-0.25, -0.2) is 4.79 Å². The van der Waals surface area contributed by atoms with Crippen molar-refractivity contribution in [2.75, 3.05) is 6.61 Å². The summed E-state index contributed by atoms with van der Waals surface area (Å²) in [7, 11) is 0. The third-order valence-corrected chi connectivity index (χ3v) is 4.77. The molecule has 3 rings (SSSR count). The van der Waals surface area contributed by atoms with Gasteiger partial charge in [0, 0.05) is 22.1 Å². The van der Waals surface area contributed by atoms with Crippen molar-refractivity contribution in [3.05, 3.63) is 73.3 Å². The summed E-state index contributed by atoms with van der Waals surface area (Å²) in [6.45, 7) is 2.24. The van der Waals surface area contributed by atoms with Crippen molar-refractivity contribution in [1.29, 1.82) is 0 Å². The number of carbonyl (C=O) groups is 1. The molecule has 2 aromatic carbocycles. The zero-order valence-corrected chi connectivity index (χ0v) is 16.1. The molecule has 0 aliphatic carbocycles. The number of esters is 1. The number of carbonyl (C=O) groups excluding carboxylic acids is 1. The lowest BCUT2D eigenvalue weighted by atomic mass is 10.2. The highest BCUT2D eigenvalue weighted by atomic mass is 79.9. The molecule has 0 saturated carbocycles. The van der Waals surface area contributed by atoms with E-state index in [0.717, 1.165) is 5.56 Å². The van der Waals surface area contributed by atoms with Crippen LogP contribution in [0.25, 0.3) is 10.9 Å². The Morgan fingerprint density at radius 3 is 2.73 bits per heavy atom. The second kappa shape index (κ2) is 7.47. The Kier molecular flexibility index (Phi) is 5.29. The number of aromatic nitrogens is 1. The predicted octanol–water partition coefficient (Wildman–Crippen LogP) is 5.19. The molecule has 1 heterocycles. The van der Waals surface area contributed by atoms with Crippen molar-refractivity contribution in [1.82, 2.24) is 4.57 Å². The van der Waals surface area contributed by atoms with Crippen molar-refractivity contribution in [2.24, 2.45) is 0 Å². The fourth-order valence-corrected chi connectivity index (χ4v) is 3.61. The van der Waals surface area contributed by atoms with E-state index in [1.54, 1.807) is 29.7 Å². The van der Waals surface area contributed by atoms with Gasteiger partial charge in [-0.2, -0.15) is 0 Å². The number of hydrogen-bond acceptors (Lipinski definition) is 4. The molecule has 0 spiro atoms. The molecule has 0 bridgehead atoms. The number of nitro benzene ring substituents is 1. The molecule has 0 unspecified atom stereocenters. The first-order chi connectivity index (χ1) is 12.4. The van der Waals surface area contributed by atoms with Crippen LogP contribution in [0.4, 0.5) is 5.69 Å². The first-order valence-electron chi connectivity index (χ1n) is 7.80. The lowest BCUT2D eigenvalue weighted by Gasteiger charge is -2.11. The summed E-state index contributed by atoms with van der Waals surface area (Å²) in [5.74, 6) is -0.535. The van der Waals surface area contributed by atoms with Crippen LogP contribution in [0.15, 0.2) is 46.9 Å². The first-order valence-corrected chi connectivity index (χ1v) is 8.97. The van der Waals surface area contributed by atoms with Crippen LogP contribution in [0.1, 0.15) is 23.0 Å². The smallest absolute Gasteiger partial charge is 0.354 e. The van der Waals surface area contributed by atoms with Crippen LogP contribution in [-0.2, 0) is 11.3 Å². The van der Waals surface area contributed by atoms with Gasteiger partial charge in [0.2, 0.25) is 0 Å². The standard InChI is InChI=1S/C18H14BrClN2O4/c1-2-26-18(23)16-9-13-15(22(24)25)7-6-14(19)17(13)21(16)10-11-4-3-5-12(20)8-11/h3-9H,2,10H2,1H3. The number of nitrogens with zero attached hydrogens (tertiary/aromatic N) is 2. The Labute approximate surface area is 162 Å². The maximum absolute atomic E-state index is 12.4. The minimum absolute atomic E-state index is 0.0707. The summed E-state index contributed by atoms with van der Waals surface area (Å²) in [5.41, 5.74) is 1.59. The molecule has 0 amide bonds. The second-order valence-electron chi connectivity index (χ2n) is 5.55. The molecule has 8 heteroatoms. The Morgan fingerprint density at radius 2 is 2.08 bits per heavy atom. The van der Waals surface area contributed by atoms with Gasteiger partial charge in [0.15, 0.2) is 0 Å². The van der Waals surface area contributed by atoms with Crippen LogP contribution in [0.5, 0.6) is 0 Å². The molecule has 0 aliphatic rings. The van der Waals surface area contributed by atoms with E-state index < -0.39 is 10.9 Å². The number of fused-ring (bicyclic) bond motifs is 1. The zero-order valence-electron chi connectivity index (χ0n) is 13.7. The van der Waals surface area contributed by atoms with Gasteiger partial charge in [0.05, 0.1) is 22.4 Å². The number of benzene rings is 2. The van der Waals surface area contributed by atoms with Crippen molar-refractivity contribution in [3.63, 3.8) is 0 Å². The molecule has 134 valence electrons. The fourth-order valence-electron chi connectivity index (χ4n) is 2.84. The van der Waals surface area contributed by atoms with Gasteiger partial charge in [-0.15, -0.1) is 0 Å². The second-order valence-corrected chi connectivity index (χ2v) is 6.84. The van der Waals surface area contributed by atoms with Crippen molar-refractivity contribution in [2.45, 2.75) is 13.5 Å².